The summed E-state index contributed by atoms with van der Waals surface area (Å²) in [7, 11) is 1.70. The molecule has 2 unspecified atom stereocenters. The van der Waals surface area contributed by atoms with Crippen molar-refractivity contribution < 1.29 is 9.53 Å². The standard InChI is InChI=1S/C15H20N2O2.ClH/c1-19-14-6-2-4-10-11(14)7-8-12(10)17-15(18)13-5-3-9-16-13;/h2,4,6,12-13,16H,3,5,7-9H2,1H3,(H,17,18);1H. The summed E-state index contributed by atoms with van der Waals surface area (Å²) < 4.78 is 5.39. The molecule has 1 fully saturated rings. The maximum atomic E-state index is 12.2. The zero-order valence-electron chi connectivity index (χ0n) is 11.6. The van der Waals surface area contributed by atoms with Gasteiger partial charge in [0.15, 0.2) is 0 Å². The minimum Gasteiger partial charge on any atom is -0.496 e. The fourth-order valence-corrected chi connectivity index (χ4v) is 3.14. The van der Waals surface area contributed by atoms with Gasteiger partial charge in [0.1, 0.15) is 5.75 Å². The second-order valence-electron chi connectivity index (χ2n) is 5.28. The van der Waals surface area contributed by atoms with Gasteiger partial charge in [0.25, 0.3) is 0 Å². The van der Waals surface area contributed by atoms with Crippen molar-refractivity contribution in [1.82, 2.24) is 10.6 Å². The highest BCUT2D eigenvalue weighted by Crippen LogP contribution is 2.36. The van der Waals surface area contributed by atoms with Crippen LogP contribution in [0.3, 0.4) is 0 Å². The number of carbonyl (C=O) groups excluding carboxylic acids is 1. The van der Waals surface area contributed by atoms with E-state index in [1.165, 1.54) is 11.1 Å². The fraction of sp³-hybridized carbons (Fsp3) is 0.533. The number of rotatable bonds is 3. The van der Waals surface area contributed by atoms with Crippen LogP contribution >= 0.6 is 12.4 Å². The molecule has 2 atom stereocenters. The normalized spacial score (nSPS) is 23.9. The summed E-state index contributed by atoms with van der Waals surface area (Å²) in [5, 5.41) is 6.41. The molecule has 4 nitrogen and oxygen atoms in total. The second kappa shape index (κ2) is 6.46. The Balaban J connectivity index is 0.00000147. The number of ether oxygens (including phenoxy) is 1. The third kappa shape index (κ3) is 2.76. The Morgan fingerprint density at radius 3 is 2.95 bits per heavy atom. The molecule has 2 N–H and O–H groups in total. The van der Waals surface area contributed by atoms with E-state index in [1.807, 2.05) is 12.1 Å². The van der Waals surface area contributed by atoms with Crippen LogP contribution in [0.5, 0.6) is 5.75 Å². The minimum atomic E-state index is -0.00495. The summed E-state index contributed by atoms with van der Waals surface area (Å²) >= 11 is 0. The third-order valence-electron chi connectivity index (χ3n) is 4.14. The molecule has 110 valence electrons. The fourth-order valence-electron chi connectivity index (χ4n) is 3.14. The molecule has 5 heteroatoms. The Morgan fingerprint density at radius 1 is 1.40 bits per heavy atom. The Morgan fingerprint density at radius 2 is 2.25 bits per heavy atom. The lowest BCUT2D eigenvalue weighted by Crippen LogP contribution is -2.41. The van der Waals surface area contributed by atoms with Crippen molar-refractivity contribution in [3.05, 3.63) is 29.3 Å². The number of amides is 1. The summed E-state index contributed by atoms with van der Waals surface area (Å²) in [5.41, 5.74) is 2.46. The van der Waals surface area contributed by atoms with Crippen molar-refractivity contribution >= 4 is 18.3 Å². The van der Waals surface area contributed by atoms with Gasteiger partial charge in [0.2, 0.25) is 5.91 Å². The number of hydrogen-bond donors (Lipinski definition) is 2. The quantitative estimate of drug-likeness (QED) is 0.897. The van der Waals surface area contributed by atoms with Crippen LogP contribution in [-0.2, 0) is 11.2 Å². The maximum absolute atomic E-state index is 12.2. The van der Waals surface area contributed by atoms with Gasteiger partial charge in [0.05, 0.1) is 19.2 Å². The van der Waals surface area contributed by atoms with Crippen molar-refractivity contribution in [2.45, 2.75) is 37.8 Å². The van der Waals surface area contributed by atoms with Crippen LogP contribution < -0.4 is 15.4 Å². The molecular formula is C15H21ClN2O2. The molecule has 1 aliphatic heterocycles. The average molecular weight is 297 g/mol. The SMILES string of the molecule is COc1cccc2c1CCC2NC(=O)C1CCCN1.Cl. The molecule has 0 radical (unpaired) electrons. The molecule has 1 amide bonds. The molecule has 3 rings (SSSR count). The van der Waals surface area contributed by atoms with E-state index in [0.29, 0.717) is 0 Å². The molecule has 0 aromatic heterocycles. The molecule has 0 bridgehead atoms. The van der Waals surface area contributed by atoms with Gasteiger partial charge in [-0.1, -0.05) is 12.1 Å². The third-order valence-corrected chi connectivity index (χ3v) is 4.14. The van der Waals surface area contributed by atoms with E-state index in [9.17, 15) is 4.79 Å². The zero-order valence-corrected chi connectivity index (χ0v) is 12.5. The van der Waals surface area contributed by atoms with Crippen LogP contribution in [0, 0.1) is 0 Å². The van der Waals surface area contributed by atoms with Gasteiger partial charge >= 0.3 is 0 Å². The van der Waals surface area contributed by atoms with Crippen LogP contribution in [0.1, 0.15) is 36.4 Å². The number of hydrogen-bond acceptors (Lipinski definition) is 3. The summed E-state index contributed by atoms with van der Waals surface area (Å²) in [6.45, 7) is 0.952. The highest BCUT2D eigenvalue weighted by atomic mass is 35.5. The number of methoxy groups -OCH3 is 1. The van der Waals surface area contributed by atoms with E-state index in [1.54, 1.807) is 7.11 Å². The van der Waals surface area contributed by atoms with Gasteiger partial charge < -0.3 is 15.4 Å². The van der Waals surface area contributed by atoms with Crippen molar-refractivity contribution in [2.24, 2.45) is 0 Å². The largest absolute Gasteiger partial charge is 0.496 e. The molecule has 0 spiro atoms. The van der Waals surface area contributed by atoms with Crippen LogP contribution in [-0.4, -0.2) is 25.6 Å². The number of fused-ring (bicyclic) bond motifs is 1. The van der Waals surface area contributed by atoms with Gasteiger partial charge in [-0.2, -0.15) is 0 Å². The van der Waals surface area contributed by atoms with Crippen molar-refractivity contribution in [3.63, 3.8) is 0 Å². The lowest BCUT2D eigenvalue weighted by molar-refractivity contribution is -0.123. The van der Waals surface area contributed by atoms with Crippen molar-refractivity contribution in [2.75, 3.05) is 13.7 Å². The summed E-state index contributed by atoms with van der Waals surface area (Å²) in [6, 6.07) is 6.21. The van der Waals surface area contributed by atoms with E-state index in [4.69, 9.17) is 4.74 Å². The Hall–Kier alpha value is -1.26. The predicted molar refractivity (Wildman–Crippen MR) is 80.5 cm³/mol. The van der Waals surface area contributed by atoms with E-state index < -0.39 is 0 Å². The first-order chi connectivity index (χ1) is 9.29. The minimum absolute atomic E-state index is 0. The van der Waals surface area contributed by atoms with Crippen molar-refractivity contribution in [3.8, 4) is 5.75 Å². The van der Waals surface area contributed by atoms with Crippen LogP contribution in [0.2, 0.25) is 0 Å². The number of carbonyl (C=O) groups is 1. The first kappa shape index (κ1) is 15.1. The Labute approximate surface area is 125 Å². The van der Waals surface area contributed by atoms with Gasteiger partial charge in [-0.25, -0.2) is 0 Å². The van der Waals surface area contributed by atoms with E-state index >= 15 is 0 Å². The number of nitrogens with one attached hydrogen (secondary N) is 2. The Kier molecular flexibility index (Phi) is 4.89. The number of halogens is 1. The topological polar surface area (TPSA) is 50.4 Å². The van der Waals surface area contributed by atoms with Gasteiger partial charge in [-0.05, 0) is 49.4 Å². The molecule has 1 heterocycles. The highest BCUT2D eigenvalue weighted by Gasteiger charge is 2.29. The van der Waals surface area contributed by atoms with E-state index in [0.717, 1.165) is 38.0 Å². The molecule has 1 aromatic rings. The summed E-state index contributed by atoms with van der Waals surface area (Å²) in [4.78, 5) is 12.2. The summed E-state index contributed by atoms with van der Waals surface area (Å²) in [5.74, 6) is 1.08. The number of benzene rings is 1. The molecule has 1 aliphatic carbocycles. The smallest absolute Gasteiger partial charge is 0.237 e. The van der Waals surface area contributed by atoms with E-state index in [-0.39, 0.29) is 30.4 Å². The Bertz CT molecular complexity index is 487. The molecule has 20 heavy (non-hydrogen) atoms. The maximum Gasteiger partial charge on any atom is 0.237 e. The lowest BCUT2D eigenvalue weighted by Gasteiger charge is -2.17. The monoisotopic (exact) mass is 296 g/mol. The van der Waals surface area contributed by atoms with Crippen LogP contribution in [0.25, 0.3) is 0 Å². The molecule has 2 aliphatic rings. The van der Waals surface area contributed by atoms with E-state index in [2.05, 4.69) is 16.7 Å². The lowest BCUT2D eigenvalue weighted by atomic mass is 10.1. The van der Waals surface area contributed by atoms with Gasteiger partial charge in [0, 0.05) is 0 Å². The molecule has 1 saturated heterocycles. The zero-order chi connectivity index (χ0) is 13.2. The summed E-state index contributed by atoms with van der Waals surface area (Å²) in [6.07, 6.45) is 3.98. The molecular weight excluding hydrogens is 276 g/mol. The molecule has 0 saturated carbocycles. The highest BCUT2D eigenvalue weighted by molar-refractivity contribution is 5.85. The predicted octanol–water partition coefficient (Wildman–Crippen LogP) is 1.97. The van der Waals surface area contributed by atoms with Crippen molar-refractivity contribution in [1.29, 1.82) is 0 Å². The second-order valence-corrected chi connectivity index (χ2v) is 5.28. The first-order valence-corrected chi connectivity index (χ1v) is 6.99. The average Bonchev–Trinajstić information content (AvgIpc) is 3.08. The van der Waals surface area contributed by atoms with Crippen LogP contribution in [0.15, 0.2) is 18.2 Å². The first-order valence-electron chi connectivity index (χ1n) is 6.99. The van der Waals surface area contributed by atoms with Gasteiger partial charge in [-0.15, -0.1) is 12.4 Å². The van der Waals surface area contributed by atoms with Gasteiger partial charge in [-0.3, -0.25) is 4.79 Å². The van der Waals surface area contributed by atoms with Crippen LogP contribution in [0.4, 0.5) is 0 Å². The molecule has 1 aromatic carbocycles.